The normalized spacial score (nSPS) is 20.9. The summed E-state index contributed by atoms with van der Waals surface area (Å²) in [6.45, 7) is 7.59. The van der Waals surface area contributed by atoms with Gasteiger partial charge >= 0.3 is 0 Å². The van der Waals surface area contributed by atoms with Crippen molar-refractivity contribution < 1.29 is 9.53 Å². The van der Waals surface area contributed by atoms with Crippen molar-refractivity contribution in [1.82, 2.24) is 29.8 Å². The number of nitrogens with one attached hydrogen (secondary N) is 1. The number of nitrogens with zero attached hydrogens (tertiary/aromatic N) is 6. The number of likely N-dealkylation sites (tertiary alicyclic amines) is 1. The van der Waals surface area contributed by atoms with Gasteiger partial charge in [-0.25, -0.2) is 4.99 Å². The van der Waals surface area contributed by atoms with Crippen LogP contribution in [0.15, 0.2) is 17.4 Å². The van der Waals surface area contributed by atoms with Crippen LogP contribution in [0.3, 0.4) is 0 Å². The summed E-state index contributed by atoms with van der Waals surface area (Å²) in [5.41, 5.74) is 1.27. The van der Waals surface area contributed by atoms with E-state index in [4.69, 9.17) is 4.74 Å². The predicted molar refractivity (Wildman–Crippen MR) is 113 cm³/mol. The van der Waals surface area contributed by atoms with E-state index < -0.39 is 0 Å². The van der Waals surface area contributed by atoms with Gasteiger partial charge in [0.25, 0.3) is 0 Å². The largest absolute Gasteiger partial charge is 0.379 e. The Hall–Kier alpha value is -2.13. The molecule has 1 amide bonds. The molecule has 0 aromatic carbocycles. The molecule has 1 atom stereocenters. The lowest BCUT2D eigenvalue weighted by molar-refractivity contribution is -0.127. The second-order valence-corrected chi connectivity index (χ2v) is 8.04. The van der Waals surface area contributed by atoms with Gasteiger partial charge in [-0.15, -0.1) is 0 Å². The minimum absolute atomic E-state index is 0.0145. The van der Waals surface area contributed by atoms with Gasteiger partial charge in [-0.3, -0.25) is 14.4 Å². The second kappa shape index (κ2) is 10.6. The third kappa shape index (κ3) is 6.43. The molecule has 1 N–H and O–H groups in total. The molecule has 1 aromatic heterocycles. The summed E-state index contributed by atoms with van der Waals surface area (Å²) in [7, 11) is 5.48. The van der Waals surface area contributed by atoms with Gasteiger partial charge in [0.05, 0.1) is 19.4 Å². The molecule has 0 spiro atoms. The average Bonchev–Trinajstić information content (AvgIpc) is 3.37. The van der Waals surface area contributed by atoms with Gasteiger partial charge in [0.15, 0.2) is 5.96 Å². The van der Waals surface area contributed by atoms with Gasteiger partial charge in [-0.2, -0.15) is 5.10 Å². The van der Waals surface area contributed by atoms with Crippen molar-refractivity contribution in [3.8, 4) is 0 Å². The van der Waals surface area contributed by atoms with Gasteiger partial charge in [-0.05, 0) is 24.9 Å². The zero-order chi connectivity index (χ0) is 20.6. The number of morpholine rings is 1. The van der Waals surface area contributed by atoms with Crippen molar-refractivity contribution >= 4 is 11.9 Å². The van der Waals surface area contributed by atoms with E-state index in [1.165, 1.54) is 5.56 Å². The maximum Gasteiger partial charge on any atom is 0.243 e. The molecule has 2 aliphatic heterocycles. The smallest absolute Gasteiger partial charge is 0.243 e. The molecule has 2 fully saturated rings. The van der Waals surface area contributed by atoms with Crippen LogP contribution in [0.25, 0.3) is 0 Å². The van der Waals surface area contributed by atoms with Crippen LogP contribution in [0.1, 0.15) is 24.3 Å². The lowest BCUT2D eigenvalue weighted by Crippen LogP contribution is -2.42. The quantitative estimate of drug-likeness (QED) is 0.390. The Kier molecular flexibility index (Phi) is 7.88. The Morgan fingerprint density at radius 1 is 1.34 bits per heavy atom. The highest BCUT2D eigenvalue weighted by molar-refractivity contribution is 5.85. The van der Waals surface area contributed by atoms with Crippen molar-refractivity contribution in [2.45, 2.75) is 18.8 Å². The minimum atomic E-state index is 0.0145. The zero-order valence-corrected chi connectivity index (χ0v) is 18.0. The highest BCUT2D eigenvalue weighted by Gasteiger charge is 2.27. The maximum absolute atomic E-state index is 12.0. The first-order valence-corrected chi connectivity index (χ1v) is 10.5. The Morgan fingerprint density at radius 3 is 2.83 bits per heavy atom. The first-order valence-electron chi connectivity index (χ1n) is 10.5. The Labute approximate surface area is 173 Å². The number of guanidine groups is 1. The van der Waals surface area contributed by atoms with Crippen LogP contribution in [0, 0.1) is 0 Å². The van der Waals surface area contributed by atoms with Crippen LogP contribution in [0.5, 0.6) is 0 Å². The molecule has 2 saturated heterocycles. The van der Waals surface area contributed by atoms with Crippen molar-refractivity contribution in [1.29, 1.82) is 0 Å². The first-order chi connectivity index (χ1) is 14.0. The lowest BCUT2D eigenvalue weighted by atomic mass is 10.0. The van der Waals surface area contributed by atoms with Gasteiger partial charge in [0, 0.05) is 66.0 Å². The number of ether oxygens (including phenoxy) is 1. The molecule has 0 aliphatic carbocycles. The van der Waals surface area contributed by atoms with E-state index in [2.05, 4.69) is 31.4 Å². The van der Waals surface area contributed by atoms with Gasteiger partial charge < -0.3 is 19.9 Å². The molecule has 0 saturated carbocycles. The molecule has 3 heterocycles. The molecule has 9 heteroatoms. The maximum atomic E-state index is 12.0. The topological polar surface area (TPSA) is 78.2 Å². The number of hydrogen-bond donors (Lipinski definition) is 1. The molecule has 0 radical (unpaired) electrons. The monoisotopic (exact) mass is 405 g/mol. The molecule has 29 heavy (non-hydrogen) atoms. The van der Waals surface area contributed by atoms with Gasteiger partial charge in [-0.1, -0.05) is 0 Å². The number of aromatic nitrogens is 2. The standard InChI is InChI=1S/C20H35N7O2/c1-24(2)19(28)14-22-20(21-6-4-7-26-9-11-29-12-10-26)27-8-5-17(16-27)18-13-23-25(3)15-18/h13,15,17H,4-12,14,16H2,1-3H3,(H,21,22). The Balaban J connectivity index is 1.54. The van der Waals surface area contributed by atoms with E-state index in [-0.39, 0.29) is 12.5 Å². The molecular weight excluding hydrogens is 370 g/mol. The number of rotatable bonds is 7. The molecule has 9 nitrogen and oxygen atoms in total. The average molecular weight is 406 g/mol. The van der Waals surface area contributed by atoms with Crippen LogP contribution in [-0.4, -0.2) is 109 Å². The van der Waals surface area contributed by atoms with E-state index in [9.17, 15) is 4.79 Å². The number of aryl methyl sites for hydroxylation is 1. The van der Waals surface area contributed by atoms with E-state index in [0.717, 1.165) is 71.3 Å². The number of aliphatic imine (C=N–C) groups is 1. The number of carbonyl (C=O) groups is 1. The summed E-state index contributed by atoms with van der Waals surface area (Å²) in [5, 5.41) is 7.80. The third-order valence-electron chi connectivity index (χ3n) is 5.58. The van der Waals surface area contributed by atoms with Crippen molar-refractivity contribution in [2.75, 3.05) is 73.1 Å². The summed E-state index contributed by atoms with van der Waals surface area (Å²) in [6.07, 6.45) is 6.16. The van der Waals surface area contributed by atoms with Crippen LogP contribution in [-0.2, 0) is 16.6 Å². The molecule has 0 bridgehead atoms. The van der Waals surface area contributed by atoms with Gasteiger partial charge in [0.1, 0.15) is 6.54 Å². The summed E-state index contributed by atoms with van der Waals surface area (Å²) in [4.78, 5) is 23.0. The summed E-state index contributed by atoms with van der Waals surface area (Å²) in [5.74, 6) is 1.31. The first kappa shape index (κ1) is 21.6. The van der Waals surface area contributed by atoms with Crippen LogP contribution < -0.4 is 5.32 Å². The fourth-order valence-corrected chi connectivity index (χ4v) is 3.75. The van der Waals surface area contributed by atoms with Crippen LogP contribution >= 0.6 is 0 Å². The van der Waals surface area contributed by atoms with Crippen LogP contribution in [0.4, 0.5) is 0 Å². The predicted octanol–water partition coefficient (Wildman–Crippen LogP) is -0.0345. The molecule has 1 aromatic rings. The second-order valence-electron chi connectivity index (χ2n) is 8.04. The molecule has 3 rings (SSSR count). The van der Waals surface area contributed by atoms with E-state index in [0.29, 0.717) is 5.92 Å². The van der Waals surface area contributed by atoms with E-state index in [1.54, 1.807) is 19.0 Å². The number of amides is 1. The minimum Gasteiger partial charge on any atom is -0.379 e. The Morgan fingerprint density at radius 2 is 2.14 bits per heavy atom. The highest BCUT2D eigenvalue weighted by atomic mass is 16.5. The van der Waals surface area contributed by atoms with Gasteiger partial charge in [0.2, 0.25) is 5.91 Å². The molecule has 162 valence electrons. The number of likely N-dealkylation sites (N-methyl/N-ethyl adjacent to an activating group) is 1. The molecular formula is C20H35N7O2. The van der Waals surface area contributed by atoms with E-state index >= 15 is 0 Å². The van der Waals surface area contributed by atoms with Crippen molar-refractivity contribution in [3.05, 3.63) is 18.0 Å². The fraction of sp³-hybridized carbons (Fsp3) is 0.750. The zero-order valence-electron chi connectivity index (χ0n) is 18.0. The lowest BCUT2D eigenvalue weighted by Gasteiger charge is -2.27. The molecule has 2 aliphatic rings. The summed E-state index contributed by atoms with van der Waals surface area (Å²) >= 11 is 0. The SMILES string of the molecule is CN(C)C(=O)CN=C(NCCCN1CCOCC1)N1CCC(c2cnn(C)c2)C1. The van der Waals surface area contributed by atoms with Crippen molar-refractivity contribution in [2.24, 2.45) is 12.0 Å². The van der Waals surface area contributed by atoms with E-state index in [1.807, 2.05) is 17.9 Å². The summed E-state index contributed by atoms with van der Waals surface area (Å²) < 4.78 is 7.26. The molecule has 1 unspecified atom stereocenters. The Bertz CT molecular complexity index is 682. The third-order valence-corrected chi connectivity index (χ3v) is 5.58. The summed E-state index contributed by atoms with van der Waals surface area (Å²) in [6, 6.07) is 0. The fourth-order valence-electron chi connectivity index (χ4n) is 3.75. The number of carbonyl (C=O) groups excluding carboxylic acids is 1. The highest BCUT2D eigenvalue weighted by Crippen LogP contribution is 2.26. The number of hydrogen-bond acceptors (Lipinski definition) is 5. The van der Waals surface area contributed by atoms with Crippen molar-refractivity contribution in [3.63, 3.8) is 0 Å². The van der Waals surface area contributed by atoms with Crippen LogP contribution in [0.2, 0.25) is 0 Å².